The summed E-state index contributed by atoms with van der Waals surface area (Å²) in [5.41, 5.74) is 8.71. The van der Waals surface area contributed by atoms with Gasteiger partial charge in [0, 0.05) is 30.9 Å². The quantitative estimate of drug-likeness (QED) is 0.790. The van der Waals surface area contributed by atoms with Crippen LogP contribution >= 0.6 is 0 Å². The minimum Gasteiger partial charge on any atom is -0.326 e. The van der Waals surface area contributed by atoms with E-state index in [4.69, 9.17) is 5.73 Å². The largest absolute Gasteiger partial charge is 0.326 e. The van der Waals surface area contributed by atoms with Crippen molar-refractivity contribution in [2.45, 2.75) is 6.54 Å². The van der Waals surface area contributed by atoms with E-state index in [-0.39, 0.29) is 0 Å². The highest BCUT2D eigenvalue weighted by Gasteiger charge is 2.07. The Labute approximate surface area is 117 Å². The summed E-state index contributed by atoms with van der Waals surface area (Å²) in [4.78, 5) is 11.0. The fourth-order valence-electron chi connectivity index (χ4n) is 2.10. The van der Waals surface area contributed by atoms with Gasteiger partial charge in [-0.15, -0.1) is 0 Å². The Morgan fingerprint density at radius 2 is 1.80 bits per heavy atom. The second kappa shape index (κ2) is 5.27. The Balaban J connectivity index is 1.96. The molecule has 1 heterocycles. The van der Waals surface area contributed by atoms with Gasteiger partial charge >= 0.3 is 0 Å². The van der Waals surface area contributed by atoms with E-state index in [1.165, 1.54) is 0 Å². The predicted octanol–water partition coefficient (Wildman–Crippen LogP) is 2.86. The highest BCUT2D eigenvalue weighted by atomic mass is 15.2. The summed E-state index contributed by atoms with van der Waals surface area (Å²) in [5.74, 6) is 0.684. The SMILES string of the molecule is CN(c1ccc(CN)cc1)c1ncc2ccccc2n1. The van der Waals surface area contributed by atoms with Crippen molar-refractivity contribution >= 4 is 22.5 Å². The van der Waals surface area contributed by atoms with Crippen molar-refractivity contribution in [1.29, 1.82) is 0 Å². The van der Waals surface area contributed by atoms with Gasteiger partial charge in [-0.05, 0) is 23.8 Å². The van der Waals surface area contributed by atoms with Crippen molar-refractivity contribution in [1.82, 2.24) is 9.97 Å². The van der Waals surface area contributed by atoms with Crippen molar-refractivity contribution in [3.63, 3.8) is 0 Å². The van der Waals surface area contributed by atoms with Gasteiger partial charge in [0.15, 0.2) is 0 Å². The van der Waals surface area contributed by atoms with E-state index < -0.39 is 0 Å². The fourth-order valence-corrected chi connectivity index (χ4v) is 2.10. The van der Waals surface area contributed by atoms with Gasteiger partial charge in [0.25, 0.3) is 0 Å². The summed E-state index contributed by atoms with van der Waals surface area (Å²) in [6, 6.07) is 16.1. The molecular formula is C16H16N4. The highest BCUT2D eigenvalue weighted by Crippen LogP contribution is 2.22. The van der Waals surface area contributed by atoms with Gasteiger partial charge < -0.3 is 10.6 Å². The summed E-state index contributed by atoms with van der Waals surface area (Å²) in [6.45, 7) is 0.552. The lowest BCUT2D eigenvalue weighted by atomic mass is 10.2. The topological polar surface area (TPSA) is 55.0 Å². The first kappa shape index (κ1) is 12.6. The molecule has 0 aliphatic heterocycles. The summed E-state index contributed by atoms with van der Waals surface area (Å²) in [7, 11) is 1.96. The molecule has 0 spiro atoms. The number of benzene rings is 2. The third-order valence-corrected chi connectivity index (χ3v) is 3.34. The van der Waals surface area contributed by atoms with Crippen LogP contribution in [0.15, 0.2) is 54.7 Å². The van der Waals surface area contributed by atoms with Gasteiger partial charge in [0.05, 0.1) is 5.52 Å². The van der Waals surface area contributed by atoms with Crippen LogP contribution in [0.3, 0.4) is 0 Å². The lowest BCUT2D eigenvalue weighted by Gasteiger charge is -2.17. The third kappa shape index (κ3) is 2.33. The van der Waals surface area contributed by atoms with E-state index in [2.05, 4.69) is 9.97 Å². The Bertz CT molecular complexity index is 722. The maximum absolute atomic E-state index is 5.61. The molecule has 0 bridgehead atoms. The predicted molar refractivity (Wildman–Crippen MR) is 81.9 cm³/mol. The lowest BCUT2D eigenvalue weighted by Crippen LogP contribution is -2.13. The second-order valence-corrected chi connectivity index (χ2v) is 4.66. The summed E-state index contributed by atoms with van der Waals surface area (Å²) >= 11 is 0. The first-order valence-electron chi connectivity index (χ1n) is 6.52. The van der Waals surface area contributed by atoms with E-state index in [9.17, 15) is 0 Å². The average Bonchev–Trinajstić information content (AvgIpc) is 2.54. The van der Waals surface area contributed by atoms with Crippen molar-refractivity contribution in [2.24, 2.45) is 5.73 Å². The normalized spacial score (nSPS) is 10.7. The second-order valence-electron chi connectivity index (χ2n) is 4.66. The molecule has 0 aliphatic carbocycles. The molecule has 4 nitrogen and oxygen atoms in total. The number of nitrogens with zero attached hydrogens (tertiary/aromatic N) is 3. The molecule has 3 aromatic rings. The van der Waals surface area contributed by atoms with Crippen molar-refractivity contribution in [3.8, 4) is 0 Å². The van der Waals surface area contributed by atoms with Crippen molar-refractivity contribution in [2.75, 3.05) is 11.9 Å². The number of hydrogen-bond donors (Lipinski definition) is 1. The van der Waals surface area contributed by atoms with E-state index in [0.717, 1.165) is 22.2 Å². The maximum atomic E-state index is 5.61. The zero-order valence-electron chi connectivity index (χ0n) is 11.3. The van der Waals surface area contributed by atoms with E-state index in [1.54, 1.807) is 0 Å². The summed E-state index contributed by atoms with van der Waals surface area (Å²) in [5, 5.41) is 1.04. The Hall–Kier alpha value is -2.46. The number of anilines is 2. The molecule has 0 atom stereocenters. The standard InChI is InChI=1S/C16H16N4/c1-20(14-8-6-12(10-17)7-9-14)16-18-11-13-4-2-3-5-15(13)19-16/h2-9,11H,10,17H2,1H3. The number of rotatable bonds is 3. The van der Waals surface area contributed by atoms with Gasteiger partial charge in [-0.2, -0.15) is 0 Å². The van der Waals surface area contributed by atoms with Crippen LogP contribution in [-0.2, 0) is 6.54 Å². The van der Waals surface area contributed by atoms with Gasteiger partial charge in [-0.1, -0.05) is 30.3 Å². The van der Waals surface area contributed by atoms with E-state index in [1.807, 2.05) is 66.7 Å². The number of hydrogen-bond acceptors (Lipinski definition) is 4. The first-order valence-corrected chi connectivity index (χ1v) is 6.52. The molecule has 3 rings (SSSR count). The Kier molecular flexibility index (Phi) is 3.31. The van der Waals surface area contributed by atoms with Crippen LogP contribution in [0.2, 0.25) is 0 Å². The molecule has 0 radical (unpaired) electrons. The number of nitrogens with two attached hydrogens (primary N) is 1. The molecule has 1 aromatic heterocycles. The van der Waals surface area contributed by atoms with E-state index >= 15 is 0 Å². The maximum Gasteiger partial charge on any atom is 0.230 e. The molecular weight excluding hydrogens is 248 g/mol. The molecule has 0 fully saturated rings. The van der Waals surface area contributed by atoms with Crippen LogP contribution in [0.4, 0.5) is 11.6 Å². The zero-order chi connectivity index (χ0) is 13.9. The number of aromatic nitrogens is 2. The van der Waals surface area contributed by atoms with Crippen LogP contribution in [0, 0.1) is 0 Å². The summed E-state index contributed by atoms with van der Waals surface area (Å²) in [6.07, 6.45) is 1.85. The molecule has 2 aromatic carbocycles. The van der Waals surface area contributed by atoms with Crippen LogP contribution in [0.5, 0.6) is 0 Å². The summed E-state index contributed by atoms with van der Waals surface area (Å²) < 4.78 is 0. The van der Waals surface area contributed by atoms with Gasteiger partial charge in [0.1, 0.15) is 0 Å². The minimum absolute atomic E-state index is 0.552. The Morgan fingerprint density at radius 1 is 1.05 bits per heavy atom. The lowest BCUT2D eigenvalue weighted by molar-refractivity contribution is 1.05. The first-order chi connectivity index (χ1) is 9.78. The van der Waals surface area contributed by atoms with Crippen LogP contribution < -0.4 is 10.6 Å². The molecule has 2 N–H and O–H groups in total. The third-order valence-electron chi connectivity index (χ3n) is 3.34. The van der Waals surface area contributed by atoms with E-state index in [0.29, 0.717) is 12.5 Å². The molecule has 0 amide bonds. The molecule has 0 aliphatic rings. The Morgan fingerprint density at radius 3 is 2.55 bits per heavy atom. The average molecular weight is 264 g/mol. The van der Waals surface area contributed by atoms with Crippen molar-refractivity contribution in [3.05, 3.63) is 60.3 Å². The fraction of sp³-hybridized carbons (Fsp3) is 0.125. The van der Waals surface area contributed by atoms with Crippen molar-refractivity contribution < 1.29 is 0 Å². The van der Waals surface area contributed by atoms with Crippen LogP contribution in [0.25, 0.3) is 10.9 Å². The highest BCUT2D eigenvalue weighted by molar-refractivity contribution is 5.79. The molecule has 0 unspecified atom stereocenters. The zero-order valence-corrected chi connectivity index (χ0v) is 11.3. The van der Waals surface area contributed by atoms with Gasteiger partial charge in [0.2, 0.25) is 5.95 Å². The molecule has 0 saturated carbocycles. The number of fused-ring (bicyclic) bond motifs is 1. The molecule has 100 valence electrons. The molecule has 0 saturated heterocycles. The minimum atomic E-state index is 0.552. The monoisotopic (exact) mass is 264 g/mol. The van der Waals surface area contributed by atoms with Gasteiger partial charge in [-0.3, -0.25) is 0 Å². The number of para-hydroxylation sites is 1. The van der Waals surface area contributed by atoms with Crippen LogP contribution in [0.1, 0.15) is 5.56 Å². The van der Waals surface area contributed by atoms with Crippen LogP contribution in [-0.4, -0.2) is 17.0 Å². The molecule has 20 heavy (non-hydrogen) atoms. The molecule has 4 heteroatoms. The smallest absolute Gasteiger partial charge is 0.230 e. The van der Waals surface area contributed by atoms with Gasteiger partial charge in [-0.25, -0.2) is 9.97 Å².